The second-order valence-corrected chi connectivity index (χ2v) is 4.57. The summed E-state index contributed by atoms with van der Waals surface area (Å²) >= 11 is 0. The fraction of sp³-hybridized carbons (Fsp3) is 0.750. The molecule has 2 N–H and O–H groups in total. The van der Waals surface area contributed by atoms with Crippen LogP contribution in [0.4, 0.5) is 0 Å². The standard InChI is InChI=1S/C12H19NO6/c1-2-5-19-7-10(14)13-4-3-8(11(15)16)9(6-13)12(17)18/h8-9H,2-7H2,1H3,(H,15,16)(H,17,18). The van der Waals surface area contributed by atoms with E-state index in [1.165, 1.54) is 4.90 Å². The molecule has 7 heteroatoms. The number of carboxylic acids is 2. The van der Waals surface area contributed by atoms with Crippen LogP contribution in [0.3, 0.4) is 0 Å². The summed E-state index contributed by atoms with van der Waals surface area (Å²) < 4.78 is 5.11. The van der Waals surface area contributed by atoms with Crippen LogP contribution in [0.1, 0.15) is 19.8 Å². The third-order valence-corrected chi connectivity index (χ3v) is 3.17. The van der Waals surface area contributed by atoms with E-state index in [2.05, 4.69) is 0 Å². The summed E-state index contributed by atoms with van der Waals surface area (Å²) in [5.41, 5.74) is 0. The Hall–Kier alpha value is -1.63. The zero-order chi connectivity index (χ0) is 14.4. The molecule has 0 bridgehead atoms. The van der Waals surface area contributed by atoms with E-state index in [1.54, 1.807) is 0 Å². The maximum absolute atomic E-state index is 11.8. The van der Waals surface area contributed by atoms with Gasteiger partial charge in [0, 0.05) is 19.7 Å². The van der Waals surface area contributed by atoms with Gasteiger partial charge in [-0.15, -0.1) is 0 Å². The third kappa shape index (κ3) is 4.20. The van der Waals surface area contributed by atoms with Gasteiger partial charge in [0.05, 0.1) is 11.8 Å². The van der Waals surface area contributed by atoms with Crippen molar-refractivity contribution in [2.45, 2.75) is 19.8 Å². The van der Waals surface area contributed by atoms with E-state index in [9.17, 15) is 14.4 Å². The number of nitrogens with zero attached hydrogens (tertiary/aromatic N) is 1. The lowest BCUT2D eigenvalue weighted by Gasteiger charge is -2.34. The van der Waals surface area contributed by atoms with E-state index in [-0.39, 0.29) is 32.0 Å². The molecule has 2 unspecified atom stereocenters. The Labute approximate surface area is 111 Å². The number of hydrogen-bond acceptors (Lipinski definition) is 4. The molecular formula is C12H19NO6. The van der Waals surface area contributed by atoms with Gasteiger partial charge in [-0.05, 0) is 12.8 Å². The van der Waals surface area contributed by atoms with Crippen molar-refractivity contribution in [3.05, 3.63) is 0 Å². The fourth-order valence-electron chi connectivity index (χ4n) is 2.12. The van der Waals surface area contributed by atoms with Gasteiger partial charge in [0.2, 0.25) is 5.91 Å². The molecular weight excluding hydrogens is 254 g/mol. The van der Waals surface area contributed by atoms with Crippen molar-refractivity contribution in [2.24, 2.45) is 11.8 Å². The molecule has 1 saturated heterocycles. The summed E-state index contributed by atoms with van der Waals surface area (Å²) in [6, 6.07) is 0. The first-order chi connectivity index (χ1) is 8.97. The SMILES string of the molecule is CCCOCC(=O)N1CCC(C(=O)O)C(C(=O)O)C1. The normalized spacial score (nSPS) is 23.1. The average molecular weight is 273 g/mol. The first kappa shape index (κ1) is 15.4. The van der Waals surface area contributed by atoms with Crippen molar-refractivity contribution < 1.29 is 29.3 Å². The molecule has 2 atom stereocenters. The number of aliphatic carboxylic acids is 2. The van der Waals surface area contributed by atoms with E-state index < -0.39 is 23.8 Å². The summed E-state index contributed by atoms with van der Waals surface area (Å²) in [5, 5.41) is 18.0. The monoisotopic (exact) mass is 273 g/mol. The topological polar surface area (TPSA) is 104 Å². The van der Waals surface area contributed by atoms with Gasteiger partial charge in [0.1, 0.15) is 6.61 Å². The Morgan fingerprint density at radius 3 is 2.37 bits per heavy atom. The quantitative estimate of drug-likeness (QED) is 0.662. The number of carbonyl (C=O) groups excluding carboxylic acids is 1. The molecule has 0 aromatic carbocycles. The molecule has 0 saturated carbocycles. The Morgan fingerprint density at radius 2 is 1.84 bits per heavy atom. The largest absolute Gasteiger partial charge is 0.481 e. The lowest BCUT2D eigenvalue weighted by atomic mass is 9.85. The van der Waals surface area contributed by atoms with Gasteiger partial charge >= 0.3 is 11.9 Å². The highest BCUT2D eigenvalue weighted by Crippen LogP contribution is 2.24. The first-order valence-electron chi connectivity index (χ1n) is 6.28. The van der Waals surface area contributed by atoms with Crippen molar-refractivity contribution in [3.63, 3.8) is 0 Å². The van der Waals surface area contributed by atoms with Gasteiger partial charge < -0.3 is 19.8 Å². The lowest BCUT2D eigenvalue weighted by molar-refractivity contribution is -0.159. The molecule has 1 aliphatic heterocycles. The number of piperidine rings is 1. The highest BCUT2D eigenvalue weighted by molar-refractivity contribution is 5.83. The molecule has 0 spiro atoms. The van der Waals surface area contributed by atoms with Crippen molar-refractivity contribution >= 4 is 17.8 Å². The molecule has 1 fully saturated rings. The highest BCUT2D eigenvalue weighted by atomic mass is 16.5. The number of carbonyl (C=O) groups is 3. The Kier molecular flexibility index (Phi) is 5.75. The summed E-state index contributed by atoms with van der Waals surface area (Å²) in [7, 11) is 0. The minimum Gasteiger partial charge on any atom is -0.481 e. The van der Waals surface area contributed by atoms with Crippen LogP contribution < -0.4 is 0 Å². The molecule has 1 rings (SSSR count). The van der Waals surface area contributed by atoms with Crippen LogP contribution in [0.2, 0.25) is 0 Å². The van der Waals surface area contributed by atoms with E-state index in [4.69, 9.17) is 14.9 Å². The van der Waals surface area contributed by atoms with Crippen molar-refractivity contribution in [1.82, 2.24) is 4.90 Å². The minimum absolute atomic E-state index is 0.0688. The number of rotatable bonds is 6. The predicted molar refractivity (Wildman–Crippen MR) is 64.6 cm³/mol. The van der Waals surface area contributed by atoms with Crippen LogP contribution in [0.25, 0.3) is 0 Å². The van der Waals surface area contributed by atoms with E-state index in [1.807, 2.05) is 6.92 Å². The molecule has 0 aromatic rings. The number of likely N-dealkylation sites (tertiary alicyclic amines) is 1. The zero-order valence-electron chi connectivity index (χ0n) is 10.9. The number of ether oxygens (including phenoxy) is 1. The van der Waals surface area contributed by atoms with E-state index in [0.717, 1.165) is 6.42 Å². The first-order valence-corrected chi connectivity index (χ1v) is 6.28. The Balaban J connectivity index is 2.58. The van der Waals surface area contributed by atoms with Gasteiger partial charge in [0.15, 0.2) is 0 Å². The van der Waals surface area contributed by atoms with Gasteiger partial charge in [-0.3, -0.25) is 14.4 Å². The molecule has 0 radical (unpaired) electrons. The number of amides is 1. The molecule has 19 heavy (non-hydrogen) atoms. The summed E-state index contributed by atoms with van der Waals surface area (Å²) in [6.45, 7) is 2.50. The van der Waals surface area contributed by atoms with E-state index in [0.29, 0.717) is 6.61 Å². The molecule has 1 aliphatic rings. The summed E-state index contributed by atoms with van der Waals surface area (Å²) in [6.07, 6.45) is 0.956. The summed E-state index contributed by atoms with van der Waals surface area (Å²) in [5.74, 6) is -4.58. The molecule has 1 amide bonds. The van der Waals surface area contributed by atoms with Crippen LogP contribution in [-0.2, 0) is 19.1 Å². The van der Waals surface area contributed by atoms with Crippen molar-refractivity contribution in [2.75, 3.05) is 26.3 Å². The average Bonchev–Trinajstić information content (AvgIpc) is 2.38. The maximum atomic E-state index is 11.8. The Bertz CT molecular complexity index is 356. The van der Waals surface area contributed by atoms with Gasteiger partial charge in [-0.25, -0.2) is 0 Å². The van der Waals surface area contributed by atoms with Gasteiger partial charge in [0.25, 0.3) is 0 Å². The van der Waals surface area contributed by atoms with Crippen LogP contribution in [0.15, 0.2) is 0 Å². The third-order valence-electron chi connectivity index (χ3n) is 3.17. The molecule has 0 aromatic heterocycles. The molecule has 7 nitrogen and oxygen atoms in total. The van der Waals surface area contributed by atoms with Crippen LogP contribution >= 0.6 is 0 Å². The zero-order valence-corrected chi connectivity index (χ0v) is 10.9. The van der Waals surface area contributed by atoms with Gasteiger partial charge in [-0.2, -0.15) is 0 Å². The fourth-order valence-corrected chi connectivity index (χ4v) is 2.12. The van der Waals surface area contributed by atoms with E-state index >= 15 is 0 Å². The lowest BCUT2D eigenvalue weighted by Crippen LogP contribution is -2.49. The maximum Gasteiger partial charge on any atom is 0.309 e. The van der Waals surface area contributed by atoms with Crippen molar-refractivity contribution in [1.29, 1.82) is 0 Å². The van der Waals surface area contributed by atoms with Gasteiger partial charge in [-0.1, -0.05) is 6.92 Å². The molecule has 1 heterocycles. The second-order valence-electron chi connectivity index (χ2n) is 4.57. The Morgan fingerprint density at radius 1 is 1.21 bits per heavy atom. The second kappa shape index (κ2) is 7.08. The summed E-state index contributed by atoms with van der Waals surface area (Å²) in [4.78, 5) is 35.2. The molecule has 108 valence electrons. The van der Waals surface area contributed by atoms with Crippen LogP contribution in [0, 0.1) is 11.8 Å². The number of hydrogen-bond donors (Lipinski definition) is 2. The van der Waals surface area contributed by atoms with Crippen LogP contribution in [-0.4, -0.2) is 59.3 Å². The minimum atomic E-state index is -1.18. The smallest absolute Gasteiger partial charge is 0.309 e. The predicted octanol–water partition coefficient (Wildman–Crippen LogP) is 0.0469. The van der Waals surface area contributed by atoms with Crippen molar-refractivity contribution in [3.8, 4) is 0 Å². The van der Waals surface area contributed by atoms with Crippen LogP contribution in [0.5, 0.6) is 0 Å². The highest BCUT2D eigenvalue weighted by Gasteiger charge is 2.39. The number of carboxylic acid groups (broad SMARTS) is 2. The molecule has 0 aliphatic carbocycles.